The van der Waals surface area contributed by atoms with Gasteiger partial charge in [0.1, 0.15) is 17.1 Å². The fourth-order valence-electron chi connectivity index (χ4n) is 4.80. The predicted molar refractivity (Wildman–Crippen MR) is 105 cm³/mol. The Morgan fingerprint density at radius 3 is 2.17 bits per heavy atom. The summed E-state index contributed by atoms with van der Waals surface area (Å²) >= 11 is 0. The summed E-state index contributed by atoms with van der Waals surface area (Å²) in [5.41, 5.74) is 0.825. The van der Waals surface area contributed by atoms with Crippen molar-refractivity contribution in [2.24, 2.45) is 23.7 Å². The summed E-state index contributed by atoms with van der Waals surface area (Å²) in [5, 5.41) is 0. The van der Waals surface area contributed by atoms with Gasteiger partial charge in [-0.25, -0.2) is 4.79 Å². The van der Waals surface area contributed by atoms with Gasteiger partial charge in [0.05, 0.1) is 24.6 Å². The summed E-state index contributed by atoms with van der Waals surface area (Å²) in [6, 6.07) is 13.3. The SMILES string of the molecule is COc1ccccc1C(=O)Oc1ccc(N2C(=O)[C@@H]3[C@@H](C2=O)[C@H]2C=C[C@H]3C2)cc1. The minimum absolute atomic E-state index is 0.129. The van der Waals surface area contributed by atoms with Crippen molar-refractivity contribution < 1.29 is 23.9 Å². The molecule has 4 atom stereocenters. The van der Waals surface area contributed by atoms with Gasteiger partial charge in [-0.1, -0.05) is 24.3 Å². The molecule has 2 aromatic rings. The molecule has 2 aliphatic carbocycles. The Bertz CT molecular complexity index is 1010. The van der Waals surface area contributed by atoms with Crippen LogP contribution < -0.4 is 14.4 Å². The molecule has 0 N–H and O–H groups in total. The molecule has 146 valence electrons. The monoisotopic (exact) mass is 389 g/mol. The Balaban J connectivity index is 1.34. The van der Waals surface area contributed by atoms with E-state index < -0.39 is 5.97 Å². The smallest absolute Gasteiger partial charge is 0.347 e. The van der Waals surface area contributed by atoms with Gasteiger partial charge in [0.15, 0.2) is 0 Å². The lowest BCUT2D eigenvalue weighted by Crippen LogP contribution is -2.32. The molecule has 1 aliphatic heterocycles. The molecule has 3 aliphatic rings. The van der Waals surface area contributed by atoms with E-state index in [9.17, 15) is 14.4 Å². The van der Waals surface area contributed by atoms with E-state index in [-0.39, 0.29) is 35.5 Å². The highest BCUT2D eigenvalue weighted by Gasteiger charge is 2.59. The number of nitrogens with zero attached hydrogens (tertiary/aromatic N) is 1. The van der Waals surface area contributed by atoms with E-state index in [0.29, 0.717) is 22.7 Å². The van der Waals surface area contributed by atoms with Crippen LogP contribution in [0.2, 0.25) is 0 Å². The van der Waals surface area contributed by atoms with Crippen molar-refractivity contribution >= 4 is 23.5 Å². The molecule has 2 aromatic carbocycles. The molecular formula is C23H19NO5. The van der Waals surface area contributed by atoms with Crippen LogP contribution in [0.4, 0.5) is 5.69 Å². The van der Waals surface area contributed by atoms with Crippen LogP contribution in [0.3, 0.4) is 0 Å². The molecule has 1 saturated heterocycles. The number of ether oxygens (including phenoxy) is 2. The van der Waals surface area contributed by atoms with Gasteiger partial charge in [-0.2, -0.15) is 0 Å². The van der Waals surface area contributed by atoms with E-state index in [2.05, 4.69) is 12.2 Å². The molecule has 0 aromatic heterocycles. The lowest BCUT2D eigenvalue weighted by Gasteiger charge is -2.17. The van der Waals surface area contributed by atoms with Crippen molar-refractivity contribution in [3.05, 3.63) is 66.2 Å². The van der Waals surface area contributed by atoms with Crippen LogP contribution in [0.5, 0.6) is 11.5 Å². The van der Waals surface area contributed by atoms with E-state index >= 15 is 0 Å². The lowest BCUT2D eigenvalue weighted by atomic mass is 9.85. The molecule has 6 heteroatoms. The van der Waals surface area contributed by atoms with Crippen LogP contribution in [0, 0.1) is 23.7 Å². The number of benzene rings is 2. The Morgan fingerprint density at radius 1 is 0.931 bits per heavy atom. The van der Waals surface area contributed by atoms with Gasteiger partial charge in [-0.05, 0) is 54.7 Å². The normalized spacial score (nSPS) is 26.7. The first-order chi connectivity index (χ1) is 14.1. The van der Waals surface area contributed by atoms with Crippen molar-refractivity contribution in [1.82, 2.24) is 0 Å². The third kappa shape index (κ3) is 2.67. The van der Waals surface area contributed by atoms with E-state index in [1.54, 1.807) is 48.5 Å². The molecule has 5 rings (SSSR count). The van der Waals surface area contributed by atoms with Crippen LogP contribution in [-0.4, -0.2) is 24.9 Å². The van der Waals surface area contributed by atoms with Gasteiger partial charge in [-0.15, -0.1) is 0 Å². The molecular weight excluding hydrogens is 370 g/mol. The fraction of sp³-hybridized carbons (Fsp3) is 0.261. The molecule has 2 bridgehead atoms. The van der Waals surface area contributed by atoms with E-state index in [4.69, 9.17) is 9.47 Å². The molecule has 0 radical (unpaired) electrons. The number of allylic oxidation sites excluding steroid dienone is 2. The van der Waals surface area contributed by atoms with Gasteiger partial charge >= 0.3 is 5.97 Å². The number of rotatable bonds is 4. The van der Waals surface area contributed by atoms with Crippen molar-refractivity contribution in [3.63, 3.8) is 0 Å². The second-order valence-electron chi connectivity index (χ2n) is 7.60. The Morgan fingerprint density at radius 2 is 1.55 bits per heavy atom. The third-order valence-electron chi connectivity index (χ3n) is 6.10. The summed E-state index contributed by atoms with van der Waals surface area (Å²) in [7, 11) is 1.49. The number of para-hydroxylation sites is 1. The molecule has 0 spiro atoms. The summed E-state index contributed by atoms with van der Waals surface area (Å²) in [5.74, 6) is -0.170. The quantitative estimate of drug-likeness (QED) is 0.347. The van der Waals surface area contributed by atoms with Gasteiger partial charge in [0, 0.05) is 0 Å². The number of imide groups is 1. The highest BCUT2D eigenvalue weighted by molar-refractivity contribution is 6.22. The fourth-order valence-corrected chi connectivity index (χ4v) is 4.80. The van der Waals surface area contributed by atoms with Gasteiger partial charge in [-0.3, -0.25) is 14.5 Å². The average molecular weight is 389 g/mol. The van der Waals surface area contributed by atoms with Crippen LogP contribution in [0.25, 0.3) is 0 Å². The first-order valence-corrected chi connectivity index (χ1v) is 9.60. The number of carbonyl (C=O) groups excluding carboxylic acids is 3. The number of hydrogen-bond donors (Lipinski definition) is 0. The Kier molecular flexibility index (Phi) is 4.01. The zero-order valence-corrected chi connectivity index (χ0v) is 15.8. The zero-order valence-electron chi connectivity index (χ0n) is 15.8. The molecule has 2 amide bonds. The largest absolute Gasteiger partial charge is 0.496 e. The standard InChI is InChI=1S/C23H19NO5/c1-28-18-5-3-2-4-17(18)23(27)29-16-10-8-15(9-11-16)24-21(25)19-13-6-7-14(12-13)20(19)22(24)26/h2-11,13-14,19-20H,12H2,1H3/t13-,14-,19-,20-/m0/s1. The van der Waals surface area contributed by atoms with Crippen LogP contribution in [0.15, 0.2) is 60.7 Å². The second kappa shape index (κ2) is 6.58. The summed E-state index contributed by atoms with van der Waals surface area (Å²) < 4.78 is 10.6. The zero-order chi connectivity index (χ0) is 20.1. The number of anilines is 1. The topological polar surface area (TPSA) is 72.9 Å². The van der Waals surface area contributed by atoms with Crippen molar-refractivity contribution in [1.29, 1.82) is 0 Å². The number of methoxy groups -OCH3 is 1. The first-order valence-electron chi connectivity index (χ1n) is 9.60. The number of carbonyl (C=O) groups is 3. The van der Waals surface area contributed by atoms with Gasteiger partial charge in [0.25, 0.3) is 0 Å². The van der Waals surface area contributed by atoms with E-state index in [1.807, 2.05) is 0 Å². The maximum atomic E-state index is 12.9. The molecule has 0 unspecified atom stereocenters. The Labute approximate surface area is 167 Å². The summed E-state index contributed by atoms with van der Waals surface area (Å²) in [4.78, 5) is 39.5. The molecule has 2 fully saturated rings. The first kappa shape index (κ1) is 17.7. The highest BCUT2D eigenvalue weighted by Crippen LogP contribution is 2.53. The minimum Gasteiger partial charge on any atom is -0.496 e. The lowest BCUT2D eigenvalue weighted by molar-refractivity contribution is -0.123. The second-order valence-corrected chi connectivity index (χ2v) is 7.60. The number of hydrogen-bond acceptors (Lipinski definition) is 5. The van der Waals surface area contributed by atoms with Crippen LogP contribution in [-0.2, 0) is 9.59 Å². The maximum absolute atomic E-state index is 12.9. The van der Waals surface area contributed by atoms with Crippen molar-refractivity contribution in [2.45, 2.75) is 6.42 Å². The number of fused-ring (bicyclic) bond motifs is 5. The maximum Gasteiger partial charge on any atom is 0.347 e. The Hall–Kier alpha value is -3.41. The third-order valence-corrected chi connectivity index (χ3v) is 6.10. The minimum atomic E-state index is -0.541. The highest BCUT2D eigenvalue weighted by atomic mass is 16.5. The molecule has 1 saturated carbocycles. The van der Waals surface area contributed by atoms with Gasteiger partial charge < -0.3 is 9.47 Å². The van der Waals surface area contributed by atoms with Gasteiger partial charge in [0.2, 0.25) is 11.8 Å². The molecule has 1 heterocycles. The number of esters is 1. The van der Waals surface area contributed by atoms with Crippen molar-refractivity contribution in [3.8, 4) is 11.5 Å². The van der Waals surface area contributed by atoms with Crippen LogP contribution >= 0.6 is 0 Å². The predicted octanol–water partition coefficient (Wildman–Crippen LogP) is 3.23. The van der Waals surface area contributed by atoms with E-state index in [0.717, 1.165) is 6.42 Å². The summed E-state index contributed by atoms with van der Waals surface area (Å²) in [6.07, 6.45) is 5.04. The average Bonchev–Trinajstić information content (AvgIpc) is 3.42. The number of amides is 2. The summed E-state index contributed by atoms with van der Waals surface area (Å²) in [6.45, 7) is 0. The molecule has 29 heavy (non-hydrogen) atoms. The van der Waals surface area contributed by atoms with Crippen molar-refractivity contribution in [2.75, 3.05) is 12.0 Å². The van der Waals surface area contributed by atoms with E-state index in [1.165, 1.54) is 12.0 Å². The molecule has 6 nitrogen and oxygen atoms in total. The van der Waals surface area contributed by atoms with Crippen LogP contribution in [0.1, 0.15) is 16.8 Å².